The number of hydrogen-bond acceptors (Lipinski definition) is 5. The second-order valence-corrected chi connectivity index (χ2v) is 7.07. The van der Waals surface area contributed by atoms with Crippen LogP contribution in [0.5, 0.6) is 0 Å². The summed E-state index contributed by atoms with van der Waals surface area (Å²) in [6.07, 6.45) is 3.62. The van der Waals surface area contributed by atoms with Crippen molar-refractivity contribution in [2.75, 3.05) is 11.9 Å². The van der Waals surface area contributed by atoms with Crippen LogP contribution in [0.25, 0.3) is 0 Å². The van der Waals surface area contributed by atoms with Crippen molar-refractivity contribution in [2.24, 2.45) is 0 Å². The number of aromatic amines is 1. The molecule has 0 atom stereocenters. The van der Waals surface area contributed by atoms with E-state index in [2.05, 4.69) is 22.2 Å². The summed E-state index contributed by atoms with van der Waals surface area (Å²) in [6, 6.07) is 5.27. The molecule has 1 aromatic carbocycles. The number of unbranched alkanes of at least 4 members (excludes halogenated alkanes) is 2. The van der Waals surface area contributed by atoms with Crippen LogP contribution < -0.4 is 10.9 Å². The lowest BCUT2D eigenvalue weighted by Gasteiger charge is -2.12. The second kappa shape index (κ2) is 10.4. The van der Waals surface area contributed by atoms with Crippen molar-refractivity contribution >= 4 is 34.9 Å². The van der Waals surface area contributed by atoms with E-state index in [1.165, 1.54) is 0 Å². The number of aliphatic hydroxyl groups is 1. The number of benzene rings is 1. The summed E-state index contributed by atoms with van der Waals surface area (Å²) in [4.78, 5) is 19.7. The van der Waals surface area contributed by atoms with E-state index in [0.717, 1.165) is 24.8 Å². The van der Waals surface area contributed by atoms with Gasteiger partial charge in [-0.1, -0.05) is 49.0 Å². The van der Waals surface area contributed by atoms with Gasteiger partial charge in [0.05, 0.1) is 21.5 Å². The molecular weight excluding hydrogens is 387 g/mol. The number of rotatable bonds is 10. The molecule has 0 bridgehead atoms. The molecule has 6 nitrogen and oxygen atoms in total. The van der Waals surface area contributed by atoms with Gasteiger partial charge in [0.2, 0.25) is 5.95 Å². The standard InChI is InChI=1S/C19H24Cl2N4O2/c1-2-3-4-5-13-17(16(22)8-9-26)24-19(25-18(13)27)23-11-12-6-7-14(20)15(21)10-12/h6-7,10,22,26H,2-5,8-9,11H2,1H3,(H2,23,24,25,27). The van der Waals surface area contributed by atoms with Crippen molar-refractivity contribution in [1.29, 1.82) is 5.41 Å². The summed E-state index contributed by atoms with van der Waals surface area (Å²) in [5, 5.41) is 21.3. The Bertz CT molecular complexity index is 852. The Kier molecular flexibility index (Phi) is 8.28. The summed E-state index contributed by atoms with van der Waals surface area (Å²) >= 11 is 11.9. The first-order chi connectivity index (χ1) is 13.0. The summed E-state index contributed by atoms with van der Waals surface area (Å²) in [7, 11) is 0. The molecule has 27 heavy (non-hydrogen) atoms. The van der Waals surface area contributed by atoms with Gasteiger partial charge >= 0.3 is 0 Å². The van der Waals surface area contributed by atoms with Gasteiger partial charge < -0.3 is 15.8 Å². The lowest BCUT2D eigenvalue weighted by molar-refractivity contribution is 0.307. The number of nitrogens with one attached hydrogen (secondary N) is 3. The van der Waals surface area contributed by atoms with Crippen molar-refractivity contribution in [3.05, 3.63) is 55.4 Å². The van der Waals surface area contributed by atoms with Crippen LogP contribution in [-0.4, -0.2) is 27.4 Å². The molecule has 8 heteroatoms. The van der Waals surface area contributed by atoms with Crippen LogP contribution in [0.4, 0.5) is 5.95 Å². The summed E-state index contributed by atoms with van der Waals surface area (Å²) < 4.78 is 0. The van der Waals surface area contributed by atoms with Gasteiger partial charge in [0.25, 0.3) is 5.56 Å². The molecule has 2 rings (SSSR count). The lowest BCUT2D eigenvalue weighted by atomic mass is 10.0. The first-order valence-electron chi connectivity index (χ1n) is 8.95. The van der Waals surface area contributed by atoms with E-state index in [1.807, 2.05) is 6.07 Å². The van der Waals surface area contributed by atoms with Crippen LogP contribution in [0.1, 0.15) is 49.4 Å². The minimum Gasteiger partial charge on any atom is -0.396 e. The molecule has 0 unspecified atom stereocenters. The Hall–Kier alpha value is -1.89. The summed E-state index contributed by atoms with van der Waals surface area (Å²) in [5.74, 6) is 0.281. The van der Waals surface area contributed by atoms with Crippen molar-refractivity contribution in [3.63, 3.8) is 0 Å². The zero-order valence-corrected chi connectivity index (χ0v) is 16.8. The average Bonchev–Trinajstić information content (AvgIpc) is 2.64. The van der Waals surface area contributed by atoms with Crippen molar-refractivity contribution < 1.29 is 5.11 Å². The van der Waals surface area contributed by atoms with E-state index in [-0.39, 0.29) is 30.2 Å². The molecule has 0 aliphatic carbocycles. The van der Waals surface area contributed by atoms with Gasteiger partial charge in [-0.05, 0) is 30.5 Å². The number of anilines is 1. The highest BCUT2D eigenvalue weighted by Crippen LogP contribution is 2.23. The van der Waals surface area contributed by atoms with Gasteiger partial charge in [0, 0.05) is 25.1 Å². The Balaban J connectivity index is 2.24. The molecule has 0 spiro atoms. The number of halogens is 2. The normalized spacial score (nSPS) is 10.8. The maximum atomic E-state index is 12.5. The van der Waals surface area contributed by atoms with Crippen LogP contribution in [0.2, 0.25) is 10.0 Å². The fraction of sp³-hybridized carbons (Fsp3) is 0.421. The predicted molar refractivity (Wildman–Crippen MR) is 110 cm³/mol. The minimum absolute atomic E-state index is 0.156. The first kappa shape index (κ1) is 21.4. The molecule has 1 heterocycles. The third kappa shape index (κ3) is 6.06. The highest BCUT2D eigenvalue weighted by molar-refractivity contribution is 6.42. The number of aliphatic hydroxyl groups excluding tert-OH is 1. The summed E-state index contributed by atoms with van der Waals surface area (Å²) in [6.45, 7) is 2.32. The van der Waals surface area contributed by atoms with E-state index in [9.17, 15) is 4.79 Å². The number of aromatic nitrogens is 2. The van der Waals surface area contributed by atoms with Crippen LogP contribution in [0.3, 0.4) is 0 Å². The molecule has 0 radical (unpaired) electrons. The smallest absolute Gasteiger partial charge is 0.256 e. The van der Waals surface area contributed by atoms with Crippen LogP contribution in [-0.2, 0) is 13.0 Å². The molecule has 0 amide bonds. The fourth-order valence-corrected chi connectivity index (χ4v) is 3.00. The number of H-pyrrole nitrogens is 1. The second-order valence-electron chi connectivity index (χ2n) is 6.25. The molecule has 146 valence electrons. The van der Waals surface area contributed by atoms with E-state index in [0.29, 0.717) is 34.3 Å². The molecule has 0 aliphatic heterocycles. The Morgan fingerprint density at radius 3 is 2.74 bits per heavy atom. The van der Waals surface area contributed by atoms with Crippen molar-refractivity contribution in [2.45, 2.75) is 45.6 Å². The molecular formula is C19H24Cl2N4O2. The minimum atomic E-state index is -0.254. The maximum absolute atomic E-state index is 12.5. The Labute approximate surface area is 168 Å². The lowest BCUT2D eigenvalue weighted by Crippen LogP contribution is -2.23. The van der Waals surface area contributed by atoms with Crippen molar-refractivity contribution in [1.82, 2.24) is 9.97 Å². The van der Waals surface area contributed by atoms with Crippen LogP contribution in [0, 0.1) is 5.41 Å². The van der Waals surface area contributed by atoms with E-state index < -0.39 is 0 Å². The van der Waals surface area contributed by atoms with Gasteiger partial charge in [-0.3, -0.25) is 9.78 Å². The number of hydrogen-bond donors (Lipinski definition) is 4. The van der Waals surface area contributed by atoms with Gasteiger partial charge in [0.15, 0.2) is 0 Å². The predicted octanol–water partition coefficient (Wildman–Crippen LogP) is 4.17. The average molecular weight is 411 g/mol. The topological polar surface area (TPSA) is 102 Å². The van der Waals surface area contributed by atoms with Crippen molar-refractivity contribution in [3.8, 4) is 0 Å². The summed E-state index contributed by atoms with van der Waals surface area (Å²) in [5.41, 5.74) is 1.64. The molecule has 4 N–H and O–H groups in total. The Morgan fingerprint density at radius 1 is 1.30 bits per heavy atom. The fourth-order valence-electron chi connectivity index (χ4n) is 2.68. The number of nitrogens with zero attached hydrogens (tertiary/aromatic N) is 1. The first-order valence-corrected chi connectivity index (χ1v) is 9.71. The molecule has 0 aliphatic rings. The van der Waals surface area contributed by atoms with E-state index in [1.54, 1.807) is 12.1 Å². The van der Waals surface area contributed by atoms with Gasteiger partial charge in [-0.15, -0.1) is 0 Å². The highest BCUT2D eigenvalue weighted by atomic mass is 35.5. The third-order valence-electron chi connectivity index (χ3n) is 4.14. The largest absolute Gasteiger partial charge is 0.396 e. The third-order valence-corrected chi connectivity index (χ3v) is 4.88. The Morgan fingerprint density at radius 2 is 2.07 bits per heavy atom. The molecule has 0 fully saturated rings. The van der Waals surface area contributed by atoms with Crippen LogP contribution >= 0.6 is 23.2 Å². The van der Waals surface area contributed by atoms with Gasteiger partial charge in [-0.25, -0.2) is 4.98 Å². The zero-order chi connectivity index (χ0) is 19.8. The monoisotopic (exact) mass is 410 g/mol. The van der Waals surface area contributed by atoms with Gasteiger partial charge in [-0.2, -0.15) is 0 Å². The zero-order valence-electron chi connectivity index (χ0n) is 15.2. The van der Waals surface area contributed by atoms with Crippen LogP contribution in [0.15, 0.2) is 23.0 Å². The highest BCUT2D eigenvalue weighted by Gasteiger charge is 2.15. The maximum Gasteiger partial charge on any atom is 0.256 e. The molecule has 0 saturated heterocycles. The molecule has 1 aromatic heterocycles. The molecule has 0 saturated carbocycles. The van der Waals surface area contributed by atoms with Gasteiger partial charge in [0.1, 0.15) is 0 Å². The van der Waals surface area contributed by atoms with E-state index >= 15 is 0 Å². The SMILES string of the molecule is CCCCCc1c(C(=N)CCO)nc(NCc2ccc(Cl)c(Cl)c2)[nH]c1=O. The van der Waals surface area contributed by atoms with E-state index in [4.69, 9.17) is 33.7 Å². The quantitative estimate of drug-likeness (QED) is 0.348. The molecule has 2 aromatic rings.